The number of carbonyl (C=O) groups excluding carboxylic acids is 1. The van der Waals surface area contributed by atoms with E-state index in [0.717, 1.165) is 35.5 Å². The summed E-state index contributed by atoms with van der Waals surface area (Å²) in [6.45, 7) is 2.04. The third-order valence-corrected chi connectivity index (χ3v) is 4.15. The minimum atomic E-state index is 0.155. The number of fused-ring (bicyclic) bond motifs is 1. The van der Waals surface area contributed by atoms with Gasteiger partial charge in [-0.05, 0) is 48.3 Å². The van der Waals surface area contributed by atoms with Crippen LogP contribution in [0.1, 0.15) is 48.8 Å². The predicted molar refractivity (Wildman–Crippen MR) is 73.7 cm³/mol. The van der Waals surface area contributed by atoms with Gasteiger partial charge < -0.3 is 9.53 Å². The quantitative estimate of drug-likeness (QED) is 0.772. The van der Waals surface area contributed by atoms with Crippen molar-refractivity contribution in [1.82, 2.24) is 0 Å². The molecule has 0 amide bonds. The van der Waals surface area contributed by atoms with Crippen molar-refractivity contribution in [2.45, 2.75) is 44.9 Å². The minimum absolute atomic E-state index is 0.155. The van der Waals surface area contributed by atoms with Gasteiger partial charge in [-0.3, -0.25) is 0 Å². The molecular weight excluding hydrogens is 248 g/mol. The molecule has 18 heavy (non-hydrogen) atoms. The molecule has 0 aliphatic heterocycles. The highest BCUT2D eigenvalue weighted by molar-refractivity contribution is 6.33. The SMILES string of the molecule is COc1c(C(C)CC=O)cc2c(c1Cl)CCCC2. The van der Waals surface area contributed by atoms with Gasteiger partial charge >= 0.3 is 0 Å². The largest absolute Gasteiger partial charge is 0.495 e. The van der Waals surface area contributed by atoms with E-state index < -0.39 is 0 Å². The third-order valence-electron chi connectivity index (χ3n) is 3.75. The summed E-state index contributed by atoms with van der Waals surface area (Å²) in [5.74, 6) is 0.911. The van der Waals surface area contributed by atoms with E-state index in [-0.39, 0.29) is 5.92 Å². The zero-order valence-electron chi connectivity index (χ0n) is 11.0. The van der Waals surface area contributed by atoms with Gasteiger partial charge in [-0.15, -0.1) is 0 Å². The van der Waals surface area contributed by atoms with Crippen LogP contribution in [0.3, 0.4) is 0 Å². The Hall–Kier alpha value is -1.02. The molecule has 0 N–H and O–H groups in total. The van der Waals surface area contributed by atoms with Gasteiger partial charge in [0, 0.05) is 6.42 Å². The van der Waals surface area contributed by atoms with Crippen molar-refractivity contribution in [3.63, 3.8) is 0 Å². The fraction of sp³-hybridized carbons (Fsp3) is 0.533. The fourth-order valence-corrected chi connectivity index (χ4v) is 3.10. The summed E-state index contributed by atoms with van der Waals surface area (Å²) in [4.78, 5) is 10.7. The van der Waals surface area contributed by atoms with E-state index in [1.165, 1.54) is 24.0 Å². The standard InChI is InChI=1S/C15H19ClO2/c1-10(7-8-17)13-9-11-5-3-4-6-12(11)14(16)15(13)18-2/h8-10H,3-7H2,1-2H3. The Morgan fingerprint density at radius 3 is 2.83 bits per heavy atom. The van der Waals surface area contributed by atoms with Crippen LogP contribution >= 0.6 is 11.6 Å². The monoisotopic (exact) mass is 266 g/mol. The van der Waals surface area contributed by atoms with Crippen LogP contribution in [0.2, 0.25) is 5.02 Å². The van der Waals surface area contributed by atoms with Crippen molar-refractivity contribution in [2.24, 2.45) is 0 Å². The highest BCUT2D eigenvalue weighted by Gasteiger charge is 2.22. The molecule has 1 aliphatic rings. The number of aldehydes is 1. The molecule has 1 aromatic carbocycles. The number of methoxy groups -OCH3 is 1. The molecule has 1 atom stereocenters. The lowest BCUT2D eigenvalue weighted by Gasteiger charge is -2.23. The van der Waals surface area contributed by atoms with Gasteiger partial charge in [-0.25, -0.2) is 0 Å². The Bertz CT molecular complexity index is 454. The molecule has 0 bridgehead atoms. The van der Waals surface area contributed by atoms with E-state index >= 15 is 0 Å². The maximum Gasteiger partial charge on any atom is 0.141 e. The number of halogens is 1. The molecule has 3 heteroatoms. The average Bonchev–Trinajstić information content (AvgIpc) is 2.39. The van der Waals surface area contributed by atoms with E-state index in [2.05, 4.69) is 6.07 Å². The molecule has 2 nitrogen and oxygen atoms in total. The average molecular weight is 267 g/mol. The van der Waals surface area contributed by atoms with Crippen LogP contribution in [0.15, 0.2) is 6.07 Å². The summed E-state index contributed by atoms with van der Waals surface area (Å²) in [6, 6.07) is 2.19. The Morgan fingerprint density at radius 1 is 1.44 bits per heavy atom. The van der Waals surface area contributed by atoms with E-state index in [1.807, 2.05) is 6.92 Å². The molecule has 2 rings (SSSR count). The van der Waals surface area contributed by atoms with Gasteiger partial charge in [0.2, 0.25) is 0 Å². The van der Waals surface area contributed by atoms with Gasteiger partial charge in [-0.2, -0.15) is 0 Å². The maximum atomic E-state index is 10.7. The number of aryl methyl sites for hydroxylation is 1. The van der Waals surface area contributed by atoms with E-state index in [1.54, 1.807) is 7.11 Å². The highest BCUT2D eigenvalue weighted by atomic mass is 35.5. The van der Waals surface area contributed by atoms with Crippen molar-refractivity contribution < 1.29 is 9.53 Å². The van der Waals surface area contributed by atoms with Crippen molar-refractivity contribution in [2.75, 3.05) is 7.11 Å². The van der Waals surface area contributed by atoms with Crippen LogP contribution in [-0.2, 0) is 17.6 Å². The first kappa shape index (κ1) is 13.4. The zero-order valence-corrected chi connectivity index (χ0v) is 11.7. The van der Waals surface area contributed by atoms with E-state index in [0.29, 0.717) is 6.42 Å². The van der Waals surface area contributed by atoms with Gasteiger partial charge in [0.1, 0.15) is 12.0 Å². The molecule has 0 fully saturated rings. The molecule has 0 saturated carbocycles. The molecule has 1 aliphatic carbocycles. The predicted octanol–water partition coefficient (Wildman–Crippen LogP) is 3.92. The van der Waals surface area contributed by atoms with Gasteiger partial charge in [0.15, 0.2) is 0 Å². The zero-order chi connectivity index (χ0) is 13.1. The second-order valence-corrected chi connectivity index (χ2v) is 5.34. The van der Waals surface area contributed by atoms with Crippen LogP contribution in [-0.4, -0.2) is 13.4 Å². The molecule has 1 unspecified atom stereocenters. The van der Waals surface area contributed by atoms with Crippen LogP contribution in [0.4, 0.5) is 0 Å². The maximum absolute atomic E-state index is 10.7. The third kappa shape index (κ3) is 2.39. The first-order chi connectivity index (χ1) is 8.69. The number of ether oxygens (including phenoxy) is 1. The second kappa shape index (κ2) is 5.75. The number of rotatable bonds is 4. The van der Waals surface area contributed by atoms with Crippen molar-refractivity contribution >= 4 is 17.9 Å². The molecule has 0 saturated heterocycles. The normalized spacial score (nSPS) is 15.9. The number of carbonyl (C=O) groups is 1. The van der Waals surface area contributed by atoms with Crippen molar-refractivity contribution in [3.05, 3.63) is 27.8 Å². The molecule has 1 aromatic rings. The molecule has 0 radical (unpaired) electrons. The van der Waals surface area contributed by atoms with Crippen molar-refractivity contribution in [3.8, 4) is 5.75 Å². The second-order valence-electron chi connectivity index (χ2n) is 4.96. The molecular formula is C15H19ClO2. The van der Waals surface area contributed by atoms with Gasteiger partial charge in [0.05, 0.1) is 12.1 Å². The number of hydrogen-bond acceptors (Lipinski definition) is 2. The smallest absolute Gasteiger partial charge is 0.141 e. The lowest BCUT2D eigenvalue weighted by molar-refractivity contribution is -0.108. The summed E-state index contributed by atoms with van der Waals surface area (Å²) in [5, 5.41) is 0.752. The van der Waals surface area contributed by atoms with Crippen LogP contribution in [0.5, 0.6) is 5.75 Å². The summed E-state index contributed by atoms with van der Waals surface area (Å²) in [5.41, 5.74) is 3.64. The summed E-state index contributed by atoms with van der Waals surface area (Å²) in [7, 11) is 1.65. The lowest BCUT2D eigenvalue weighted by Crippen LogP contribution is -2.08. The Kier molecular flexibility index (Phi) is 4.28. The van der Waals surface area contributed by atoms with Crippen molar-refractivity contribution in [1.29, 1.82) is 0 Å². The summed E-state index contributed by atoms with van der Waals surface area (Å²) < 4.78 is 5.46. The summed E-state index contributed by atoms with van der Waals surface area (Å²) in [6.07, 6.45) is 5.99. The Labute approximate surface area is 113 Å². The Balaban J connectivity index is 2.51. The van der Waals surface area contributed by atoms with E-state index in [9.17, 15) is 4.79 Å². The highest BCUT2D eigenvalue weighted by Crippen LogP contribution is 2.41. The molecule has 98 valence electrons. The number of hydrogen-bond donors (Lipinski definition) is 0. The molecule has 0 heterocycles. The summed E-state index contributed by atoms with van der Waals surface area (Å²) >= 11 is 6.46. The minimum Gasteiger partial charge on any atom is -0.495 e. The first-order valence-electron chi connectivity index (χ1n) is 6.50. The molecule has 0 aromatic heterocycles. The van der Waals surface area contributed by atoms with Crippen LogP contribution in [0.25, 0.3) is 0 Å². The van der Waals surface area contributed by atoms with Crippen LogP contribution in [0, 0.1) is 0 Å². The topological polar surface area (TPSA) is 26.3 Å². The van der Waals surface area contributed by atoms with Gasteiger partial charge in [0.25, 0.3) is 0 Å². The molecule has 0 spiro atoms. The van der Waals surface area contributed by atoms with Gasteiger partial charge in [-0.1, -0.05) is 24.6 Å². The fourth-order valence-electron chi connectivity index (χ4n) is 2.70. The van der Waals surface area contributed by atoms with Crippen LogP contribution < -0.4 is 4.74 Å². The number of benzene rings is 1. The van der Waals surface area contributed by atoms with E-state index in [4.69, 9.17) is 16.3 Å². The first-order valence-corrected chi connectivity index (χ1v) is 6.88. The lowest BCUT2D eigenvalue weighted by atomic mass is 9.86. The Morgan fingerprint density at radius 2 is 2.17 bits per heavy atom.